The van der Waals surface area contributed by atoms with Crippen LogP contribution < -0.4 is 11.1 Å². The highest BCUT2D eigenvalue weighted by Gasteiger charge is 2.00. The van der Waals surface area contributed by atoms with Gasteiger partial charge in [-0.1, -0.05) is 0 Å². The molecule has 0 fully saturated rings. The molecule has 104 valence electrons. The fourth-order valence-electron chi connectivity index (χ4n) is 1.58. The number of nitrogens with zero attached hydrogens (tertiary/aromatic N) is 1. The minimum atomic E-state index is 0.611. The largest absolute Gasteiger partial charge is 0.397 e. The Hall–Kier alpha value is -1.77. The maximum Gasteiger partial charge on any atom is 0.0992 e. The van der Waals surface area contributed by atoms with Crippen molar-refractivity contribution in [2.75, 3.05) is 44.5 Å². The van der Waals surface area contributed by atoms with Crippen molar-refractivity contribution in [2.24, 2.45) is 0 Å². The van der Waals surface area contributed by atoms with Crippen molar-refractivity contribution < 1.29 is 9.47 Å². The first-order valence-electron chi connectivity index (χ1n) is 6.38. The van der Waals surface area contributed by atoms with Crippen LogP contribution in [0.1, 0.15) is 18.4 Å². The van der Waals surface area contributed by atoms with Crippen LogP contribution in [0.5, 0.6) is 0 Å². The number of rotatable bonds is 9. The molecule has 0 aliphatic heterocycles. The van der Waals surface area contributed by atoms with Crippen molar-refractivity contribution in [3.63, 3.8) is 0 Å². The molecule has 0 saturated heterocycles. The Labute approximate surface area is 114 Å². The lowest BCUT2D eigenvalue weighted by Gasteiger charge is -2.09. The van der Waals surface area contributed by atoms with Gasteiger partial charge in [0.2, 0.25) is 0 Å². The number of nitrogens with one attached hydrogen (secondary N) is 1. The molecule has 0 aliphatic rings. The molecule has 0 spiro atoms. The first-order chi connectivity index (χ1) is 9.27. The van der Waals surface area contributed by atoms with Gasteiger partial charge in [-0.3, -0.25) is 0 Å². The van der Waals surface area contributed by atoms with Crippen molar-refractivity contribution in [2.45, 2.75) is 12.8 Å². The minimum absolute atomic E-state index is 0.611. The molecule has 1 aromatic carbocycles. The van der Waals surface area contributed by atoms with Crippen LogP contribution in [0.4, 0.5) is 11.4 Å². The van der Waals surface area contributed by atoms with Crippen LogP contribution in [0.2, 0.25) is 0 Å². The number of anilines is 2. The Bertz CT molecular complexity index is 416. The molecule has 0 heterocycles. The second-order valence-electron chi connectivity index (χ2n) is 4.15. The summed E-state index contributed by atoms with van der Waals surface area (Å²) < 4.78 is 10.3. The van der Waals surface area contributed by atoms with Crippen LogP contribution in [0.15, 0.2) is 18.2 Å². The molecule has 0 atom stereocenters. The van der Waals surface area contributed by atoms with Gasteiger partial charge in [-0.15, -0.1) is 0 Å². The summed E-state index contributed by atoms with van der Waals surface area (Å²) in [6.45, 7) is 2.82. The minimum Gasteiger partial charge on any atom is -0.397 e. The number of nitriles is 1. The van der Waals surface area contributed by atoms with Crippen molar-refractivity contribution in [1.82, 2.24) is 0 Å². The molecule has 0 saturated carbocycles. The van der Waals surface area contributed by atoms with E-state index < -0.39 is 0 Å². The molecule has 0 aromatic heterocycles. The van der Waals surface area contributed by atoms with Gasteiger partial charge in [0.25, 0.3) is 0 Å². The molecule has 5 heteroatoms. The summed E-state index contributed by atoms with van der Waals surface area (Å²) in [6.07, 6.45) is 1.97. The molecule has 3 N–H and O–H groups in total. The fourth-order valence-corrected chi connectivity index (χ4v) is 1.58. The number of unbranched alkanes of at least 4 members (excludes halogenated alkanes) is 1. The lowest BCUT2D eigenvalue weighted by atomic mass is 10.2. The van der Waals surface area contributed by atoms with Gasteiger partial charge >= 0.3 is 0 Å². The normalized spacial score (nSPS) is 10.1. The third-order valence-corrected chi connectivity index (χ3v) is 2.65. The number of benzene rings is 1. The standard InChI is InChI=1S/C14H21N3O2/c1-18-8-9-19-7-3-2-6-17-14-10-12(11-15)4-5-13(14)16/h4-5,10,17H,2-3,6-9,16H2,1H3. The van der Waals surface area contributed by atoms with Crippen LogP contribution in [0.3, 0.4) is 0 Å². The summed E-state index contributed by atoms with van der Waals surface area (Å²) >= 11 is 0. The summed E-state index contributed by atoms with van der Waals surface area (Å²) in [5.74, 6) is 0. The van der Waals surface area contributed by atoms with Crippen molar-refractivity contribution >= 4 is 11.4 Å². The second kappa shape index (κ2) is 9.20. The van der Waals surface area contributed by atoms with Gasteiger partial charge in [-0.2, -0.15) is 5.26 Å². The summed E-state index contributed by atoms with van der Waals surface area (Å²) in [4.78, 5) is 0. The molecule has 0 aliphatic carbocycles. The van der Waals surface area contributed by atoms with E-state index in [0.717, 1.165) is 31.7 Å². The first-order valence-corrected chi connectivity index (χ1v) is 6.38. The predicted molar refractivity (Wildman–Crippen MR) is 76.0 cm³/mol. The summed E-state index contributed by atoms with van der Waals surface area (Å²) in [7, 11) is 1.66. The zero-order valence-corrected chi connectivity index (χ0v) is 11.3. The quantitative estimate of drug-likeness (QED) is 0.526. The molecule has 0 bridgehead atoms. The average molecular weight is 263 g/mol. The highest BCUT2D eigenvalue weighted by molar-refractivity contribution is 5.68. The molecular weight excluding hydrogens is 242 g/mol. The van der Waals surface area contributed by atoms with Crippen molar-refractivity contribution in [1.29, 1.82) is 5.26 Å². The summed E-state index contributed by atoms with van der Waals surface area (Å²) in [5.41, 5.74) is 7.92. The third-order valence-electron chi connectivity index (χ3n) is 2.65. The molecule has 0 radical (unpaired) electrons. The van der Waals surface area contributed by atoms with Gasteiger partial charge < -0.3 is 20.5 Å². The van der Waals surface area contributed by atoms with Gasteiger partial charge in [0.1, 0.15) is 0 Å². The van der Waals surface area contributed by atoms with Gasteiger partial charge in [0.15, 0.2) is 0 Å². The zero-order chi connectivity index (χ0) is 13.9. The van der Waals surface area contributed by atoms with Gasteiger partial charge in [0, 0.05) is 20.3 Å². The predicted octanol–water partition coefficient (Wildman–Crippen LogP) is 2.00. The number of hydrogen-bond donors (Lipinski definition) is 2. The van der Waals surface area contributed by atoms with Gasteiger partial charge in [-0.25, -0.2) is 0 Å². The fraction of sp³-hybridized carbons (Fsp3) is 0.500. The topological polar surface area (TPSA) is 80.3 Å². The van der Waals surface area contributed by atoms with Crippen LogP contribution in [0.25, 0.3) is 0 Å². The van der Waals surface area contributed by atoms with Crippen LogP contribution in [0, 0.1) is 11.3 Å². The SMILES string of the molecule is COCCOCCCCNc1cc(C#N)ccc1N. The average Bonchev–Trinajstić information content (AvgIpc) is 2.43. The highest BCUT2D eigenvalue weighted by Crippen LogP contribution is 2.19. The lowest BCUT2D eigenvalue weighted by molar-refractivity contribution is 0.0691. The van der Waals surface area contributed by atoms with E-state index in [-0.39, 0.29) is 0 Å². The molecule has 1 rings (SSSR count). The van der Waals surface area contributed by atoms with Gasteiger partial charge in [-0.05, 0) is 31.0 Å². The summed E-state index contributed by atoms with van der Waals surface area (Å²) in [5, 5.41) is 12.1. The van der Waals surface area contributed by atoms with E-state index >= 15 is 0 Å². The number of methoxy groups -OCH3 is 1. The van der Waals surface area contributed by atoms with E-state index in [1.807, 2.05) is 0 Å². The Kier molecular flexibility index (Phi) is 7.40. The smallest absolute Gasteiger partial charge is 0.0992 e. The Morgan fingerprint density at radius 1 is 1.26 bits per heavy atom. The van der Waals surface area contributed by atoms with Crippen LogP contribution in [-0.4, -0.2) is 33.5 Å². The molecule has 0 unspecified atom stereocenters. The lowest BCUT2D eigenvalue weighted by Crippen LogP contribution is -2.07. The summed E-state index contributed by atoms with van der Waals surface area (Å²) in [6, 6.07) is 7.32. The number of hydrogen-bond acceptors (Lipinski definition) is 5. The number of nitrogen functional groups attached to an aromatic ring is 1. The highest BCUT2D eigenvalue weighted by atomic mass is 16.5. The molecule has 5 nitrogen and oxygen atoms in total. The van der Waals surface area contributed by atoms with E-state index in [9.17, 15) is 0 Å². The maximum absolute atomic E-state index is 8.82. The van der Waals surface area contributed by atoms with E-state index in [1.54, 1.807) is 25.3 Å². The van der Waals surface area contributed by atoms with Crippen molar-refractivity contribution in [3.8, 4) is 6.07 Å². The first kappa shape index (κ1) is 15.3. The Morgan fingerprint density at radius 2 is 2.11 bits per heavy atom. The molecular formula is C14H21N3O2. The second-order valence-corrected chi connectivity index (χ2v) is 4.15. The van der Waals surface area contributed by atoms with Crippen molar-refractivity contribution in [3.05, 3.63) is 23.8 Å². The maximum atomic E-state index is 8.82. The molecule has 1 aromatic rings. The monoisotopic (exact) mass is 263 g/mol. The number of ether oxygens (including phenoxy) is 2. The Balaban J connectivity index is 2.17. The van der Waals surface area contributed by atoms with Crippen LogP contribution >= 0.6 is 0 Å². The Morgan fingerprint density at radius 3 is 2.84 bits per heavy atom. The van der Waals surface area contributed by atoms with Gasteiger partial charge in [0.05, 0.1) is 36.2 Å². The third kappa shape index (κ3) is 6.09. The van der Waals surface area contributed by atoms with E-state index in [1.165, 1.54) is 0 Å². The van der Waals surface area contributed by atoms with Crippen LogP contribution in [-0.2, 0) is 9.47 Å². The van der Waals surface area contributed by atoms with E-state index in [2.05, 4.69) is 11.4 Å². The number of nitrogens with two attached hydrogens (primary N) is 1. The molecule has 19 heavy (non-hydrogen) atoms. The zero-order valence-electron chi connectivity index (χ0n) is 11.3. The molecule has 0 amide bonds. The van der Waals surface area contributed by atoms with E-state index in [0.29, 0.717) is 24.5 Å². The van der Waals surface area contributed by atoms with E-state index in [4.69, 9.17) is 20.5 Å².